The van der Waals surface area contributed by atoms with Gasteiger partial charge in [-0.2, -0.15) is 0 Å². The molecule has 0 aliphatic rings. The smallest absolute Gasteiger partial charge is 0.163 e. The molecule has 84 valence electrons. The van der Waals surface area contributed by atoms with E-state index in [1.54, 1.807) is 0 Å². The van der Waals surface area contributed by atoms with Crippen LogP contribution in [0.2, 0.25) is 0 Å². The number of Topliss-reactive ketones (excluding diaryl/α,β-unsaturated/α-hetero) is 1. The summed E-state index contributed by atoms with van der Waals surface area (Å²) in [6.45, 7) is 0.735. The number of hydrogen-bond acceptors (Lipinski definition) is 6. The molecule has 0 aromatic heterocycles. The van der Waals surface area contributed by atoms with Gasteiger partial charge in [0.2, 0.25) is 0 Å². The Balaban J connectivity index is 4.30. The molecule has 0 aromatic rings. The third-order valence-electron chi connectivity index (χ3n) is 1.93. The van der Waals surface area contributed by atoms with Gasteiger partial charge in [-0.25, -0.2) is 0 Å². The maximum atomic E-state index is 10.9. The maximum Gasteiger partial charge on any atom is 0.163 e. The van der Waals surface area contributed by atoms with Crippen molar-refractivity contribution in [3.8, 4) is 0 Å². The molecule has 0 bridgehead atoms. The zero-order valence-electron chi connectivity index (χ0n) is 7.87. The fourth-order valence-electron chi connectivity index (χ4n) is 0.922. The van der Waals surface area contributed by atoms with Crippen molar-refractivity contribution in [2.45, 2.75) is 37.8 Å². The molecule has 0 saturated heterocycles. The summed E-state index contributed by atoms with van der Waals surface area (Å²) >= 11 is 0. The molecular weight excluding hydrogens is 192 g/mol. The Bertz CT molecular complexity index is 183. The number of aliphatic hydroxyl groups is 5. The van der Waals surface area contributed by atoms with Crippen LogP contribution in [0.4, 0.5) is 0 Å². The summed E-state index contributed by atoms with van der Waals surface area (Å²) in [5.41, 5.74) is 0. The van der Waals surface area contributed by atoms with E-state index < -0.39 is 36.8 Å². The number of carbonyl (C=O) groups excluding carboxylic acids is 1. The van der Waals surface area contributed by atoms with Crippen LogP contribution in [0.1, 0.15) is 13.3 Å². The van der Waals surface area contributed by atoms with Gasteiger partial charge < -0.3 is 25.5 Å². The third-order valence-corrected chi connectivity index (χ3v) is 1.93. The molecule has 0 saturated carbocycles. The van der Waals surface area contributed by atoms with Crippen LogP contribution in [0, 0.1) is 0 Å². The molecule has 0 radical (unpaired) electrons. The van der Waals surface area contributed by atoms with Gasteiger partial charge in [0.15, 0.2) is 5.78 Å². The Kier molecular flexibility index (Phi) is 5.82. The van der Waals surface area contributed by atoms with Gasteiger partial charge >= 0.3 is 0 Å². The zero-order chi connectivity index (χ0) is 11.3. The highest BCUT2D eigenvalue weighted by molar-refractivity contribution is 5.83. The van der Waals surface area contributed by atoms with Crippen molar-refractivity contribution in [2.75, 3.05) is 6.61 Å². The third kappa shape index (κ3) is 3.32. The Morgan fingerprint density at radius 2 is 1.64 bits per heavy atom. The molecule has 2 unspecified atom stereocenters. The van der Waals surface area contributed by atoms with Crippen LogP contribution < -0.4 is 0 Å². The van der Waals surface area contributed by atoms with E-state index in [-0.39, 0.29) is 6.42 Å². The Morgan fingerprint density at radius 3 is 2.00 bits per heavy atom. The average Bonchev–Trinajstić information content (AvgIpc) is 2.23. The van der Waals surface area contributed by atoms with Gasteiger partial charge in [-0.05, 0) is 0 Å². The number of aliphatic hydroxyl groups excluding tert-OH is 5. The summed E-state index contributed by atoms with van der Waals surface area (Å²) in [5.74, 6) is -0.637. The highest BCUT2D eigenvalue weighted by atomic mass is 16.4. The predicted octanol–water partition coefficient (Wildman–Crippen LogP) is -2.60. The molecule has 6 heteroatoms. The predicted molar refractivity (Wildman–Crippen MR) is 46.4 cm³/mol. The lowest BCUT2D eigenvalue weighted by Gasteiger charge is -2.24. The summed E-state index contributed by atoms with van der Waals surface area (Å²) in [5, 5.41) is 44.8. The fourth-order valence-corrected chi connectivity index (χ4v) is 0.922. The van der Waals surface area contributed by atoms with E-state index in [0.717, 1.165) is 0 Å². The molecule has 0 fully saturated rings. The molecule has 5 N–H and O–H groups in total. The second kappa shape index (κ2) is 6.05. The summed E-state index contributed by atoms with van der Waals surface area (Å²) in [6, 6.07) is 0. The van der Waals surface area contributed by atoms with Gasteiger partial charge in [-0.3, -0.25) is 4.79 Å². The van der Waals surface area contributed by atoms with Crippen LogP contribution in [-0.2, 0) is 4.79 Å². The second-order valence-electron chi connectivity index (χ2n) is 3.00. The fraction of sp³-hybridized carbons (Fsp3) is 0.875. The van der Waals surface area contributed by atoms with Gasteiger partial charge in [0.05, 0.1) is 6.61 Å². The first-order valence-electron chi connectivity index (χ1n) is 4.31. The van der Waals surface area contributed by atoms with Crippen molar-refractivity contribution in [1.29, 1.82) is 0 Å². The molecule has 0 aliphatic heterocycles. The van der Waals surface area contributed by atoms with E-state index in [4.69, 9.17) is 20.4 Å². The van der Waals surface area contributed by atoms with E-state index >= 15 is 0 Å². The van der Waals surface area contributed by atoms with Crippen LogP contribution >= 0.6 is 0 Å². The lowest BCUT2D eigenvalue weighted by Crippen LogP contribution is -2.48. The first-order valence-corrected chi connectivity index (χ1v) is 4.31. The van der Waals surface area contributed by atoms with Crippen molar-refractivity contribution in [3.05, 3.63) is 0 Å². The van der Waals surface area contributed by atoms with Crippen molar-refractivity contribution >= 4 is 5.78 Å². The first kappa shape index (κ1) is 13.5. The Morgan fingerprint density at radius 1 is 1.14 bits per heavy atom. The summed E-state index contributed by atoms with van der Waals surface area (Å²) in [4.78, 5) is 10.9. The van der Waals surface area contributed by atoms with Gasteiger partial charge in [0.1, 0.15) is 24.4 Å². The molecule has 0 spiro atoms. The number of rotatable bonds is 6. The van der Waals surface area contributed by atoms with E-state index in [1.807, 2.05) is 0 Å². The lowest BCUT2D eigenvalue weighted by atomic mass is 9.99. The van der Waals surface area contributed by atoms with Gasteiger partial charge in [-0.15, -0.1) is 0 Å². The van der Waals surface area contributed by atoms with Crippen molar-refractivity contribution in [2.24, 2.45) is 0 Å². The molecular formula is C8H16O6. The summed E-state index contributed by atoms with van der Waals surface area (Å²) < 4.78 is 0. The molecule has 14 heavy (non-hydrogen) atoms. The SMILES string of the molecule is CCC(=O)[C@H](O)C(O)[C@H](O)C(O)CO. The minimum atomic E-state index is -1.79. The van der Waals surface area contributed by atoms with E-state index in [2.05, 4.69) is 0 Å². The molecule has 6 nitrogen and oxygen atoms in total. The highest BCUT2D eigenvalue weighted by Gasteiger charge is 2.32. The Hall–Kier alpha value is -0.530. The highest BCUT2D eigenvalue weighted by Crippen LogP contribution is 2.07. The largest absolute Gasteiger partial charge is 0.394 e. The monoisotopic (exact) mass is 208 g/mol. The van der Waals surface area contributed by atoms with Crippen LogP contribution in [0.15, 0.2) is 0 Å². The van der Waals surface area contributed by atoms with E-state index in [9.17, 15) is 9.90 Å². The normalized spacial score (nSPS) is 19.9. The van der Waals surface area contributed by atoms with Crippen LogP contribution in [0.25, 0.3) is 0 Å². The van der Waals surface area contributed by atoms with Gasteiger partial charge in [-0.1, -0.05) is 6.92 Å². The number of ketones is 1. The molecule has 0 amide bonds. The van der Waals surface area contributed by atoms with Crippen LogP contribution in [0.5, 0.6) is 0 Å². The summed E-state index contributed by atoms with van der Waals surface area (Å²) in [6.07, 6.45) is -6.84. The first-order chi connectivity index (χ1) is 6.45. The average molecular weight is 208 g/mol. The van der Waals surface area contributed by atoms with Crippen LogP contribution in [-0.4, -0.2) is 62.3 Å². The number of carbonyl (C=O) groups is 1. The minimum absolute atomic E-state index is 0.0141. The molecule has 0 aromatic carbocycles. The van der Waals surface area contributed by atoms with E-state index in [0.29, 0.717) is 0 Å². The molecule has 0 aliphatic carbocycles. The molecule has 4 atom stereocenters. The van der Waals surface area contributed by atoms with Crippen molar-refractivity contribution < 1.29 is 30.3 Å². The standard InChI is InChI=1S/C8H16O6/c1-2-4(10)6(12)8(14)7(13)5(11)3-9/h5-9,11-14H,2-3H2,1H3/t5?,6-,7+,8?/m0/s1. The van der Waals surface area contributed by atoms with E-state index in [1.165, 1.54) is 6.92 Å². The molecule has 0 heterocycles. The van der Waals surface area contributed by atoms with Crippen molar-refractivity contribution in [1.82, 2.24) is 0 Å². The Labute approximate surface area is 81.4 Å². The summed E-state index contributed by atoms with van der Waals surface area (Å²) in [7, 11) is 0. The topological polar surface area (TPSA) is 118 Å². The zero-order valence-corrected chi connectivity index (χ0v) is 7.87. The molecule has 0 rings (SSSR count). The van der Waals surface area contributed by atoms with Crippen LogP contribution in [0.3, 0.4) is 0 Å². The quantitative estimate of drug-likeness (QED) is 0.327. The maximum absolute atomic E-state index is 10.9. The lowest BCUT2D eigenvalue weighted by molar-refractivity contribution is -0.146. The number of hydrogen-bond donors (Lipinski definition) is 5. The van der Waals surface area contributed by atoms with Gasteiger partial charge in [0.25, 0.3) is 0 Å². The second-order valence-corrected chi connectivity index (χ2v) is 3.00. The minimum Gasteiger partial charge on any atom is -0.394 e. The van der Waals surface area contributed by atoms with Gasteiger partial charge in [0, 0.05) is 6.42 Å². The van der Waals surface area contributed by atoms with Crippen molar-refractivity contribution in [3.63, 3.8) is 0 Å².